The lowest BCUT2D eigenvalue weighted by atomic mass is 10.3. The maximum absolute atomic E-state index is 11.7. The molecule has 0 unspecified atom stereocenters. The third kappa shape index (κ3) is 4.04. The van der Waals surface area contributed by atoms with E-state index in [1.54, 1.807) is 29.3 Å². The molecule has 0 aliphatic carbocycles. The quantitative estimate of drug-likeness (QED) is 0.731. The van der Waals surface area contributed by atoms with Gasteiger partial charge in [-0.3, -0.25) is 15.0 Å². The fraction of sp³-hybridized carbons (Fsp3) is 0.385. The highest BCUT2D eigenvalue weighted by molar-refractivity contribution is 6.39. The molecule has 0 spiro atoms. The van der Waals surface area contributed by atoms with Crippen molar-refractivity contribution >= 4 is 17.5 Å². The van der Waals surface area contributed by atoms with E-state index in [-0.39, 0.29) is 0 Å². The first-order valence-corrected chi connectivity index (χ1v) is 6.25. The molecule has 0 bridgehead atoms. The monoisotopic (exact) mass is 262 g/mol. The van der Waals surface area contributed by atoms with Crippen LogP contribution in [-0.2, 0) is 9.59 Å². The lowest BCUT2D eigenvalue weighted by Crippen LogP contribution is -2.54. The van der Waals surface area contributed by atoms with Gasteiger partial charge in [-0.1, -0.05) is 18.2 Å². The van der Waals surface area contributed by atoms with Crippen LogP contribution in [0.3, 0.4) is 0 Å². The minimum absolute atomic E-state index is 0.612. The number of nitrogens with zero attached hydrogens (tertiary/aromatic N) is 2. The number of anilines is 1. The average Bonchev–Trinajstić information content (AvgIpc) is 2.42. The SMILES string of the molecule is CN1CCN(NC(=O)C(=O)Nc2ccccc2)CC1. The molecule has 6 nitrogen and oxygen atoms in total. The molecule has 1 aliphatic heterocycles. The first kappa shape index (κ1) is 13.5. The van der Waals surface area contributed by atoms with Crippen LogP contribution < -0.4 is 10.7 Å². The van der Waals surface area contributed by atoms with Crippen molar-refractivity contribution in [1.82, 2.24) is 15.3 Å². The van der Waals surface area contributed by atoms with Gasteiger partial charge in [-0.2, -0.15) is 0 Å². The Hall–Kier alpha value is -1.92. The molecule has 102 valence electrons. The molecule has 6 heteroatoms. The summed E-state index contributed by atoms with van der Waals surface area (Å²) < 4.78 is 0. The van der Waals surface area contributed by atoms with Gasteiger partial charge in [0.15, 0.2) is 0 Å². The molecule has 1 aromatic carbocycles. The van der Waals surface area contributed by atoms with Crippen molar-refractivity contribution in [3.8, 4) is 0 Å². The highest BCUT2D eigenvalue weighted by Crippen LogP contribution is 2.04. The zero-order valence-electron chi connectivity index (χ0n) is 10.9. The van der Waals surface area contributed by atoms with Crippen LogP contribution in [0.2, 0.25) is 0 Å². The van der Waals surface area contributed by atoms with Gasteiger partial charge < -0.3 is 10.2 Å². The van der Waals surface area contributed by atoms with Crippen molar-refractivity contribution in [1.29, 1.82) is 0 Å². The zero-order chi connectivity index (χ0) is 13.7. The van der Waals surface area contributed by atoms with Crippen molar-refractivity contribution in [2.75, 3.05) is 38.5 Å². The second kappa shape index (κ2) is 6.31. The number of likely N-dealkylation sites (N-methyl/N-ethyl adjacent to an activating group) is 1. The van der Waals surface area contributed by atoms with Gasteiger partial charge in [-0.25, -0.2) is 5.01 Å². The molecule has 1 heterocycles. The van der Waals surface area contributed by atoms with Crippen molar-refractivity contribution < 1.29 is 9.59 Å². The Morgan fingerprint density at radius 2 is 1.63 bits per heavy atom. The van der Waals surface area contributed by atoms with Gasteiger partial charge >= 0.3 is 11.8 Å². The van der Waals surface area contributed by atoms with Crippen LogP contribution in [0.1, 0.15) is 0 Å². The normalized spacial score (nSPS) is 16.9. The second-order valence-electron chi connectivity index (χ2n) is 4.55. The number of hydrogen-bond donors (Lipinski definition) is 2. The lowest BCUT2D eigenvalue weighted by Gasteiger charge is -2.32. The average molecular weight is 262 g/mol. The van der Waals surface area contributed by atoms with E-state index in [0.717, 1.165) is 26.2 Å². The third-order valence-corrected chi connectivity index (χ3v) is 3.00. The topological polar surface area (TPSA) is 64.7 Å². The van der Waals surface area contributed by atoms with Crippen LogP contribution in [0.5, 0.6) is 0 Å². The molecule has 1 aromatic rings. The molecule has 19 heavy (non-hydrogen) atoms. The second-order valence-corrected chi connectivity index (χ2v) is 4.55. The number of benzene rings is 1. The van der Waals surface area contributed by atoms with Crippen LogP contribution in [0.25, 0.3) is 0 Å². The molecule has 2 N–H and O–H groups in total. The van der Waals surface area contributed by atoms with Crippen LogP contribution in [0, 0.1) is 0 Å². The number of hydrogen-bond acceptors (Lipinski definition) is 4. The fourth-order valence-corrected chi connectivity index (χ4v) is 1.82. The summed E-state index contributed by atoms with van der Waals surface area (Å²) in [6, 6.07) is 8.92. The number of piperazine rings is 1. The molecule has 0 radical (unpaired) electrons. The molecule has 2 amide bonds. The maximum atomic E-state index is 11.7. The minimum atomic E-state index is -0.648. The minimum Gasteiger partial charge on any atom is -0.318 e. The van der Waals surface area contributed by atoms with Gasteiger partial charge in [0.1, 0.15) is 0 Å². The molecule has 0 aromatic heterocycles. The summed E-state index contributed by atoms with van der Waals surface area (Å²) in [5, 5.41) is 4.32. The van der Waals surface area contributed by atoms with E-state index in [1.165, 1.54) is 0 Å². The molecule has 2 rings (SSSR count). The lowest BCUT2D eigenvalue weighted by molar-refractivity contribution is -0.139. The maximum Gasteiger partial charge on any atom is 0.323 e. The summed E-state index contributed by atoms with van der Waals surface area (Å²) in [4.78, 5) is 25.6. The van der Waals surface area contributed by atoms with Crippen LogP contribution in [-0.4, -0.2) is 54.9 Å². The summed E-state index contributed by atoms with van der Waals surface area (Å²) in [5.74, 6) is -1.28. The Morgan fingerprint density at radius 3 is 2.26 bits per heavy atom. The summed E-state index contributed by atoms with van der Waals surface area (Å²) in [6.45, 7) is 3.20. The number of nitrogens with one attached hydrogen (secondary N) is 2. The summed E-state index contributed by atoms with van der Waals surface area (Å²) in [5.41, 5.74) is 3.23. The Balaban J connectivity index is 1.81. The summed E-state index contributed by atoms with van der Waals surface area (Å²) in [7, 11) is 2.03. The largest absolute Gasteiger partial charge is 0.323 e. The fourth-order valence-electron chi connectivity index (χ4n) is 1.82. The van der Waals surface area contributed by atoms with Crippen LogP contribution >= 0.6 is 0 Å². The predicted molar refractivity (Wildman–Crippen MR) is 72.3 cm³/mol. The number of rotatable bonds is 2. The highest BCUT2D eigenvalue weighted by atomic mass is 16.2. The molecular weight excluding hydrogens is 244 g/mol. The van der Waals surface area contributed by atoms with E-state index in [1.807, 2.05) is 13.1 Å². The molecule has 1 saturated heterocycles. The summed E-state index contributed by atoms with van der Waals surface area (Å²) in [6.07, 6.45) is 0. The first-order chi connectivity index (χ1) is 9.15. The highest BCUT2D eigenvalue weighted by Gasteiger charge is 2.19. The van der Waals surface area contributed by atoms with E-state index in [9.17, 15) is 9.59 Å². The Kier molecular flexibility index (Phi) is 4.48. The molecular formula is C13H18N4O2. The van der Waals surface area contributed by atoms with Gasteiger partial charge in [-0.15, -0.1) is 0 Å². The van der Waals surface area contributed by atoms with E-state index >= 15 is 0 Å². The number of amides is 2. The third-order valence-electron chi connectivity index (χ3n) is 3.00. The van der Waals surface area contributed by atoms with Crippen molar-refractivity contribution in [2.45, 2.75) is 0 Å². The van der Waals surface area contributed by atoms with E-state index < -0.39 is 11.8 Å². The molecule has 1 aliphatic rings. The van der Waals surface area contributed by atoms with Crippen molar-refractivity contribution in [3.05, 3.63) is 30.3 Å². The predicted octanol–water partition coefficient (Wildman–Crippen LogP) is -0.0963. The van der Waals surface area contributed by atoms with Crippen molar-refractivity contribution in [3.63, 3.8) is 0 Å². The van der Waals surface area contributed by atoms with Gasteiger partial charge in [0.05, 0.1) is 0 Å². The van der Waals surface area contributed by atoms with Crippen LogP contribution in [0.15, 0.2) is 30.3 Å². The van der Waals surface area contributed by atoms with Gasteiger partial charge in [0.2, 0.25) is 0 Å². The smallest absolute Gasteiger partial charge is 0.318 e. The first-order valence-electron chi connectivity index (χ1n) is 6.25. The number of hydrazine groups is 1. The van der Waals surface area contributed by atoms with Crippen LogP contribution in [0.4, 0.5) is 5.69 Å². The molecule has 0 saturated carbocycles. The number of carbonyl (C=O) groups is 2. The van der Waals surface area contributed by atoms with Crippen molar-refractivity contribution in [2.24, 2.45) is 0 Å². The summed E-state index contributed by atoms with van der Waals surface area (Å²) >= 11 is 0. The van der Waals surface area contributed by atoms with E-state index in [2.05, 4.69) is 15.6 Å². The Bertz CT molecular complexity index is 441. The number of carbonyl (C=O) groups excluding carboxylic acids is 2. The number of para-hydroxylation sites is 1. The van der Waals surface area contributed by atoms with Gasteiger partial charge in [0.25, 0.3) is 0 Å². The van der Waals surface area contributed by atoms with E-state index in [0.29, 0.717) is 5.69 Å². The van der Waals surface area contributed by atoms with Gasteiger partial charge in [-0.05, 0) is 19.2 Å². The van der Waals surface area contributed by atoms with Gasteiger partial charge in [0, 0.05) is 31.9 Å². The molecule has 0 atom stereocenters. The standard InChI is InChI=1S/C13H18N4O2/c1-16-7-9-17(10-8-16)15-13(19)12(18)14-11-5-3-2-4-6-11/h2-6H,7-10H2,1H3,(H,14,18)(H,15,19). The Labute approximate surface area is 112 Å². The Morgan fingerprint density at radius 1 is 1.00 bits per heavy atom. The zero-order valence-corrected chi connectivity index (χ0v) is 10.9. The molecule has 1 fully saturated rings. The van der Waals surface area contributed by atoms with E-state index in [4.69, 9.17) is 0 Å².